The van der Waals surface area contributed by atoms with Gasteiger partial charge in [-0.2, -0.15) is 0 Å². The van der Waals surface area contributed by atoms with Crippen molar-refractivity contribution >= 4 is 39.1 Å². The van der Waals surface area contributed by atoms with Crippen LogP contribution in [0.15, 0.2) is 28.9 Å². The molecule has 2 aromatic rings. The van der Waals surface area contributed by atoms with E-state index in [2.05, 4.69) is 26.2 Å². The van der Waals surface area contributed by atoms with Gasteiger partial charge in [0.1, 0.15) is 18.9 Å². The summed E-state index contributed by atoms with van der Waals surface area (Å²) in [6.45, 7) is 0.969. The number of benzene rings is 1. The lowest BCUT2D eigenvalue weighted by atomic mass is 10.2. The first kappa shape index (κ1) is 13.3. The number of H-pyrrole nitrogens is 1. The highest BCUT2D eigenvalue weighted by atomic mass is 79.9. The zero-order valence-electron chi connectivity index (χ0n) is 10.2. The molecule has 0 bridgehead atoms. The normalized spacial score (nSPS) is 13.1. The summed E-state index contributed by atoms with van der Waals surface area (Å²) >= 11 is 9.40. The number of nitrogens with one attached hydrogen (secondary N) is 2. The molecule has 3 rings (SSSR count). The molecular weight excluding hydrogens is 348 g/mol. The fourth-order valence-electron chi connectivity index (χ4n) is 1.85. The third-order valence-corrected chi connectivity index (χ3v) is 3.54. The Bertz CT molecular complexity index is 672. The number of aromatic amines is 1. The Labute approximate surface area is 128 Å². The lowest BCUT2D eigenvalue weighted by molar-refractivity contribution is 0.102. The summed E-state index contributed by atoms with van der Waals surface area (Å²) in [6.07, 6.45) is 1.68. The van der Waals surface area contributed by atoms with Crippen LogP contribution >= 0.6 is 27.5 Å². The van der Waals surface area contributed by atoms with Crippen LogP contribution in [0.5, 0.6) is 11.5 Å². The monoisotopic (exact) mass is 356 g/mol. The molecule has 5 nitrogen and oxygen atoms in total. The van der Waals surface area contributed by atoms with Crippen molar-refractivity contribution in [3.8, 4) is 11.5 Å². The molecule has 7 heteroatoms. The van der Waals surface area contributed by atoms with E-state index in [0.29, 0.717) is 41.1 Å². The highest BCUT2D eigenvalue weighted by Gasteiger charge is 2.17. The summed E-state index contributed by atoms with van der Waals surface area (Å²) in [4.78, 5) is 14.9. The molecule has 2 N–H and O–H groups in total. The van der Waals surface area contributed by atoms with E-state index >= 15 is 0 Å². The zero-order valence-corrected chi connectivity index (χ0v) is 12.5. The first-order valence-electron chi connectivity index (χ1n) is 5.88. The van der Waals surface area contributed by atoms with Crippen LogP contribution in [0.25, 0.3) is 0 Å². The van der Waals surface area contributed by atoms with Gasteiger partial charge in [0.2, 0.25) is 0 Å². The SMILES string of the molecule is O=C(Nc1cc2c(cc1Cl)OCCO2)c1cc(Br)c[nH]1. The van der Waals surface area contributed by atoms with E-state index in [0.717, 1.165) is 4.47 Å². The van der Waals surface area contributed by atoms with Gasteiger partial charge in [0.05, 0.1) is 10.7 Å². The number of ether oxygens (including phenoxy) is 2. The van der Waals surface area contributed by atoms with E-state index in [-0.39, 0.29) is 5.91 Å². The first-order chi connectivity index (χ1) is 9.63. The summed E-state index contributed by atoms with van der Waals surface area (Å²) in [5, 5.41) is 3.13. The second-order valence-electron chi connectivity index (χ2n) is 4.16. The van der Waals surface area contributed by atoms with Crippen molar-refractivity contribution in [2.75, 3.05) is 18.5 Å². The predicted molar refractivity (Wildman–Crippen MR) is 78.9 cm³/mol. The molecule has 0 radical (unpaired) electrons. The highest BCUT2D eigenvalue weighted by molar-refractivity contribution is 9.10. The van der Waals surface area contributed by atoms with Crippen LogP contribution in [0.2, 0.25) is 5.02 Å². The van der Waals surface area contributed by atoms with E-state index in [1.54, 1.807) is 24.4 Å². The molecule has 0 saturated carbocycles. The Morgan fingerprint density at radius 3 is 2.60 bits per heavy atom. The minimum absolute atomic E-state index is 0.283. The molecule has 1 aromatic heterocycles. The Morgan fingerprint density at radius 1 is 1.25 bits per heavy atom. The van der Waals surface area contributed by atoms with Crippen LogP contribution in [-0.4, -0.2) is 24.1 Å². The summed E-state index contributed by atoms with van der Waals surface area (Å²) in [6, 6.07) is 4.98. The minimum Gasteiger partial charge on any atom is -0.486 e. The van der Waals surface area contributed by atoms with Crippen molar-refractivity contribution < 1.29 is 14.3 Å². The fourth-order valence-corrected chi connectivity index (χ4v) is 2.39. The number of halogens is 2. The van der Waals surface area contributed by atoms with E-state index in [1.807, 2.05) is 0 Å². The summed E-state index contributed by atoms with van der Waals surface area (Å²) in [5.41, 5.74) is 0.912. The number of hydrogen-bond donors (Lipinski definition) is 2. The average molecular weight is 358 g/mol. The average Bonchev–Trinajstić information content (AvgIpc) is 2.86. The molecule has 20 heavy (non-hydrogen) atoms. The Morgan fingerprint density at radius 2 is 1.95 bits per heavy atom. The van der Waals surface area contributed by atoms with Gasteiger partial charge in [0.25, 0.3) is 5.91 Å². The molecule has 0 aliphatic carbocycles. The number of aromatic nitrogens is 1. The van der Waals surface area contributed by atoms with Crippen molar-refractivity contribution in [2.24, 2.45) is 0 Å². The molecule has 0 unspecified atom stereocenters. The summed E-state index contributed by atoms with van der Waals surface area (Å²) < 4.78 is 11.7. The largest absolute Gasteiger partial charge is 0.486 e. The predicted octanol–water partition coefficient (Wildman–Crippen LogP) is 3.45. The number of rotatable bonds is 2. The quantitative estimate of drug-likeness (QED) is 0.865. The van der Waals surface area contributed by atoms with Gasteiger partial charge in [0.15, 0.2) is 11.5 Å². The van der Waals surface area contributed by atoms with Crippen LogP contribution in [-0.2, 0) is 0 Å². The maximum Gasteiger partial charge on any atom is 0.272 e. The van der Waals surface area contributed by atoms with Crippen LogP contribution in [0.1, 0.15) is 10.5 Å². The van der Waals surface area contributed by atoms with E-state index in [1.165, 1.54) is 0 Å². The van der Waals surface area contributed by atoms with Crippen LogP contribution < -0.4 is 14.8 Å². The van der Waals surface area contributed by atoms with E-state index < -0.39 is 0 Å². The summed E-state index contributed by atoms with van der Waals surface area (Å²) in [7, 11) is 0. The summed E-state index contributed by atoms with van der Waals surface area (Å²) in [5.74, 6) is 0.875. The minimum atomic E-state index is -0.283. The van der Waals surface area contributed by atoms with Gasteiger partial charge < -0.3 is 19.8 Å². The molecule has 1 aromatic carbocycles. The van der Waals surface area contributed by atoms with Crippen LogP contribution in [0.3, 0.4) is 0 Å². The van der Waals surface area contributed by atoms with E-state index in [4.69, 9.17) is 21.1 Å². The molecule has 104 valence electrons. The van der Waals surface area contributed by atoms with Gasteiger partial charge in [-0.25, -0.2) is 0 Å². The highest BCUT2D eigenvalue weighted by Crippen LogP contribution is 2.38. The Kier molecular flexibility index (Phi) is 3.58. The molecule has 1 aliphatic rings. The van der Waals surface area contributed by atoms with Crippen molar-refractivity contribution in [2.45, 2.75) is 0 Å². The molecule has 1 aliphatic heterocycles. The lowest BCUT2D eigenvalue weighted by Gasteiger charge is -2.19. The number of carbonyl (C=O) groups is 1. The number of hydrogen-bond acceptors (Lipinski definition) is 3. The third-order valence-electron chi connectivity index (χ3n) is 2.77. The van der Waals surface area contributed by atoms with Crippen molar-refractivity contribution in [1.29, 1.82) is 0 Å². The van der Waals surface area contributed by atoms with Crippen LogP contribution in [0, 0.1) is 0 Å². The standard InChI is InChI=1S/C13H10BrClN2O3/c14-7-3-10(16-6-7)13(18)17-9-5-12-11(4-8(9)15)19-1-2-20-12/h3-6,16H,1-2H2,(H,17,18). The van der Waals surface area contributed by atoms with Gasteiger partial charge in [0, 0.05) is 22.8 Å². The molecular formula is C13H10BrClN2O3. The molecule has 0 saturated heterocycles. The van der Waals surface area contributed by atoms with Gasteiger partial charge in [-0.3, -0.25) is 4.79 Å². The number of anilines is 1. The maximum atomic E-state index is 12.1. The fraction of sp³-hybridized carbons (Fsp3) is 0.154. The molecule has 2 heterocycles. The first-order valence-corrected chi connectivity index (χ1v) is 7.05. The number of carbonyl (C=O) groups excluding carboxylic acids is 1. The lowest BCUT2D eigenvalue weighted by Crippen LogP contribution is -2.17. The van der Waals surface area contributed by atoms with Gasteiger partial charge >= 0.3 is 0 Å². The number of fused-ring (bicyclic) bond motifs is 1. The molecule has 1 amide bonds. The third kappa shape index (κ3) is 2.62. The number of amides is 1. The van der Waals surface area contributed by atoms with Crippen molar-refractivity contribution in [3.05, 3.63) is 39.6 Å². The van der Waals surface area contributed by atoms with Gasteiger partial charge in [-0.05, 0) is 22.0 Å². The zero-order chi connectivity index (χ0) is 14.1. The van der Waals surface area contributed by atoms with Crippen molar-refractivity contribution in [3.63, 3.8) is 0 Å². The Balaban J connectivity index is 1.85. The smallest absolute Gasteiger partial charge is 0.272 e. The van der Waals surface area contributed by atoms with E-state index in [9.17, 15) is 4.79 Å². The Hall–Kier alpha value is -1.66. The van der Waals surface area contributed by atoms with Gasteiger partial charge in [-0.15, -0.1) is 0 Å². The second-order valence-corrected chi connectivity index (χ2v) is 5.48. The topological polar surface area (TPSA) is 63.4 Å². The molecule has 0 spiro atoms. The maximum absolute atomic E-state index is 12.1. The van der Waals surface area contributed by atoms with Gasteiger partial charge in [-0.1, -0.05) is 11.6 Å². The van der Waals surface area contributed by atoms with Crippen LogP contribution in [0.4, 0.5) is 5.69 Å². The van der Waals surface area contributed by atoms with Crippen molar-refractivity contribution in [1.82, 2.24) is 4.98 Å². The molecule has 0 fully saturated rings. The molecule has 0 atom stereocenters. The second kappa shape index (κ2) is 5.38.